The molecule has 1 aromatic rings. The summed E-state index contributed by atoms with van der Waals surface area (Å²) < 4.78 is 5.26. The van der Waals surface area contributed by atoms with Crippen LogP contribution >= 0.6 is 23.2 Å². The summed E-state index contributed by atoms with van der Waals surface area (Å²) in [6, 6.07) is 5.09. The molecule has 0 aliphatic rings. The monoisotopic (exact) mass is 302 g/mol. The minimum atomic E-state index is -1.31. The van der Waals surface area contributed by atoms with Crippen LogP contribution in [0.3, 0.4) is 0 Å². The Hall–Kier alpha value is -1.06. The van der Waals surface area contributed by atoms with E-state index < -0.39 is 16.6 Å². The first-order chi connectivity index (χ1) is 8.87. The Balaban J connectivity index is 3.07. The lowest BCUT2D eigenvalue weighted by atomic mass is 9.84. The Kier molecular flexibility index (Phi) is 5.39. The molecule has 0 atom stereocenters. The lowest BCUT2D eigenvalue weighted by Crippen LogP contribution is -2.39. The van der Waals surface area contributed by atoms with Crippen molar-refractivity contribution >= 4 is 34.4 Å². The zero-order chi connectivity index (χ0) is 14.6. The summed E-state index contributed by atoms with van der Waals surface area (Å²) in [5.41, 5.74) is -0.405. The highest BCUT2D eigenvalue weighted by Gasteiger charge is 2.43. The second-order valence-corrected chi connectivity index (χ2v) is 5.14. The van der Waals surface area contributed by atoms with Crippen molar-refractivity contribution in [1.82, 2.24) is 0 Å². The molecule has 0 aliphatic carbocycles. The third-order valence-electron chi connectivity index (χ3n) is 3.26. The van der Waals surface area contributed by atoms with Crippen LogP contribution in [0.15, 0.2) is 18.2 Å². The van der Waals surface area contributed by atoms with E-state index in [1.165, 1.54) is 0 Å². The van der Waals surface area contributed by atoms with E-state index in [0.717, 1.165) is 5.56 Å². The Morgan fingerprint density at radius 3 is 2.32 bits per heavy atom. The summed E-state index contributed by atoms with van der Waals surface area (Å²) in [7, 11) is 0. The van der Waals surface area contributed by atoms with E-state index >= 15 is 0 Å². The minimum Gasteiger partial charge on any atom is -0.424 e. The summed E-state index contributed by atoms with van der Waals surface area (Å²) in [6.07, 6.45) is 0.572. The summed E-state index contributed by atoms with van der Waals surface area (Å²) in [5.74, 6) is -0.416. The van der Waals surface area contributed by atoms with Crippen LogP contribution in [-0.2, 0) is 9.59 Å². The van der Waals surface area contributed by atoms with E-state index in [1.54, 1.807) is 32.0 Å². The van der Waals surface area contributed by atoms with Gasteiger partial charge in [0.05, 0.1) is 5.02 Å². The highest BCUT2D eigenvalue weighted by Crippen LogP contribution is 2.34. The zero-order valence-electron chi connectivity index (χ0n) is 11.1. The molecule has 0 amide bonds. The van der Waals surface area contributed by atoms with Gasteiger partial charge in [-0.2, -0.15) is 0 Å². The van der Waals surface area contributed by atoms with E-state index in [-0.39, 0.29) is 18.6 Å². The van der Waals surface area contributed by atoms with Gasteiger partial charge in [0.25, 0.3) is 0 Å². The second-order valence-electron chi connectivity index (χ2n) is 4.39. The predicted molar refractivity (Wildman–Crippen MR) is 75.7 cm³/mol. The van der Waals surface area contributed by atoms with Crippen LogP contribution in [-0.4, -0.2) is 11.2 Å². The fourth-order valence-corrected chi connectivity index (χ4v) is 2.28. The Bertz CT molecular complexity index is 493. The van der Waals surface area contributed by atoms with Gasteiger partial charge in [-0.05, 0) is 49.1 Å². The van der Waals surface area contributed by atoms with Crippen LogP contribution in [0.1, 0.15) is 32.3 Å². The fourth-order valence-electron chi connectivity index (χ4n) is 1.78. The molecule has 3 nitrogen and oxygen atoms in total. The van der Waals surface area contributed by atoms with Gasteiger partial charge in [-0.1, -0.05) is 31.5 Å². The maximum atomic E-state index is 12.2. The van der Waals surface area contributed by atoms with E-state index in [0.29, 0.717) is 5.02 Å². The van der Waals surface area contributed by atoms with E-state index in [2.05, 4.69) is 0 Å². The molecule has 0 aliphatic heterocycles. The number of carbonyl (C=O) groups is 2. The molecule has 0 radical (unpaired) electrons. The molecule has 0 heterocycles. The van der Waals surface area contributed by atoms with Gasteiger partial charge < -0.3 is 4.74 Å². The van der Waals surface area contributed by atoms with Gasteiger partial charge in [0.2, 0.25) is 5.24 Å². The molecule has 0 bridgehead atoms. The molecular formula is C14H16Cl2O3. The van der Waals surface area contributed by atoms with Crippen molar-refractivity contribution in [2.45, 2.75) is 33.6 Å². The van der Waals surface area contributed by atoms with Crippen molar-refractivity contribution in [3.63, 3.8) is 0 Å². The van der Waals surface area contributed by atoms with Gasteiger partial charge in [-0.25, -0.2) is 0 Å². The number of ether oxygens (including phenoxy) is 1. The summed E-state index contributed by atoms with van der Waals surface area (Å²) in [5, 5.41) is -0.381. The lowest BCUT2D eigenvalue weighted by Gasteiger charge is -2.24. The van der Waals surface area contributed by atoms with Crippen LogP contribution in [0.4, 0.5) is 0 Å². The largest absolute Gasteiger partial charge is 0.424 e. The lowest BCUT2D eigenvalue weighted by molar-refractivity contribution is -0.150. The van der Waals surface area contributed by atoms with Gasteiger partial charge in [-0.15, -0.1) is 0 Å². The summed E-state index contributed by atoms with van der Waals surface area (Å²) in [6.45, 7) is 5.30. The van der Waals surface area contributed by atoms with Crippen LogP contribution in [0.25, 0.3) is 0 Å². The van der Waals surface area contributed by atoms with Gasteiger partial charge in [0.1, 0.15) is 11.2 Å². The van der Waals surface area contributed by atoms with Crippen molar-refractivity contribution in [2.75, 3.05) is 0 Å². The smallest absolute Gasteiger partial charge is 0.326 e. The van der Waals surface area contributed by atoms with Gasteiger partial charge in [-0.3, -0.25) is 9.59 Å². The molecule has 0 N–H and O–H groups in total. The number of esters is 1. The van der Waals surface area contributed by atoms with Crippen LogP contribution in [0.5, 0.6) is 5.75 Å². The highest BCUT2D eigenvalue weighted by atomic mass is 35.5. The predicted octanol–water partition coefficient (Wildman–Crippen LogP) is 4.13. The molecule has 0 unspecified atom stereocenters. The fraction of sp³-hybridized carbons (Fsp3) is 0.429. The van der Waals surface area contributed by atoms with Gasteiger partial charge in [0.15, 0.2) is 0 Å². The molecule has 0 fully saturated rings. The first-order valence-electron chi connectivity index (χ1n) is 6.05. The molecular weight excluding hydrogens is 287 g/mol. The van der Waals surface area contributed by atoms with E-state index in [9.17, 15) is 9.59 Å². The van der Waals surface area contributed by atoms with Crippen molar-refractivity contribution in [3.8, 4) is 5.75 Å². The molecule has 19 heavy (non-hydrogen) atoms. The molecule has 104 valence electrons. The average Bonchev–Trinajstić information content (AvgIpc) is 2.35. The maximum Gasteiger partial charge on any atom is 0.326 e. The topological polar surface area (TPSA) is 43.4 Å². The Morgan fingerprint density at radius 2 is 1.84 bits per heavy atom. The van der Waals surface area contributed by atoms with E-state index in [4.69, 9.17) is 27.9 Å². The van der Waals surface area contributed by atoms with Crippen molar-refractivity contribution in [2.24, 2.45) is 5.41 Å². The zero-order valence-corrected chi connectivity index (χ0v) is 12.6. The third kappa shape index (κ3) is 3.28. The number of rotatable bonds is 5. The molecule has 0 spiro atoms. The molecule has 0 saturated carbocycles. The first kappa shape index (κ1) is 16.0. The van der Waals surface area contributed by atoms with Crippen molar-refractivity contribution in [1.29, 1.82) is 0 Å². The van der Waals surface area contributed by atoms with Gasteiger partial charge in [0, 0.05) is 0 Å². The maximum absolute atomic E-state index is 12.2. The quantitative estimate of drug-likeness (QED) is 0.355. The molecule has 1 rings (SSSR count). The normalized spacial score (nSPS) is 11.2. The number of benzene rings is 1. The number of hydrogen-bond acceptors (Lipinski definition) is 3. The van der Waals surface area contributed by atoms with Crippen LogP contribution in [0.2, 0.25) is 5.02 Å². The van der Waals surface area contributed by atoms with Gasteiger partial charge >= 0.3 is 5.97 Å². The van der Waals surface area contributed by atoms with Crippen molar-refractivity contribution in [3.05, 3.63) is 28.8 Å². The SMILES string of the molecule is CCC(CC)(C(=O)Cl)C(=O)Oc1cc(C)ccc1Cl. The third-order valence-corrected chi connectivity index (χ3v) is 3.94. The minimum absolute atomic E-state index is 0.246. The summed E-state index contributed by atoms with van der Waals surface area (Å²) >= 11 is 11.5. The molecule has 1 aromatic carbocycles. The molecule has 0 aromatic heterocycles. The first-order valence-corrected chi connectivity index (χ1v) is 6.81. The highest BCUT2D eigenvalue weighted by molar-refractivity contribution is 6.66. The molecule has 5 heteroatoms. The average molecular weight is 303 g/mol. The Labute approximate surface area is 122 Å². The van der Waals surface area contributed by atoms with E-state index in [1.807, 2.05) is 6.92 Å². The van der Waals surface area contributed by atoms with Crippen molar-refractivity contribution < 1.29 is 14.3 Å². The Morgan fingerprint density at radius 1 is 1.26 bits per heavy atom. The van der Waals surface area contributed by atoms with Crippen LogP contribution < -0.4 is 4.74 Å². The number of hydrogen-bond donors (Lipinski definition) is 0. The number of carbonyl (C=O) groups excluding carboxylic acids is 2. The number of aryl methyl sites for hydroxylation is 1. The van der Waals surface area contributed by atoms with Crippen LogP contribution in [0, 0.1) is 12.3 Å². The summed E-state index contributed by atoms with van der Waals surface area (Å²) in [4.78, 5) is 23.8. The standard InChI is InChI=1S/C14H16Cl2O3/c1-4-14(5-2,12(16)17)13(18)19-11-8-9(3)6-7-10(11)15/h6-8H,4-5H2,1-3H3. The molecule has 0 saturated heterocycles. The second kappa shape index (κ2) is 6.40. The number of halogens is 2.